The average Bonchev–Trinajstić information content (AvgIpc) is 3.24. The van der Waals surface area contributed by atoms with Gasteiger partial charge in [-0.2, -0.15) is 0 Å². The van der Waals surface area contributed by atoms with Gasteiger partial charge < -0.3 is 9.64 Å². The van der Waals surface area contributed by atoms with Gasteiger partial charge in [0.1, 0.15) is 5.75 Å². The van der Waals surface area contributed by atoms with Gasteiger partial charge in [-0.3, -0.25) is 9.52 Å². The number of sulfonamides is 1. The summed E-state index contributed by atoms with van der Waals surface area (Å²) in [7, 11) is -2.32. The summed E-state index contributed by atoms with van der Waals surface area (Å²) in [5.74, 6) is 1.23. The number of nitrogens with one attached hydrogen (secondary N) is 1. The van der Waals surface area contributed by atoms with Crippen LogP contribution in [0.2, 0.25) is 0 Å². The van der Waals surface area contributed by atoms with Crippen molar-refractivity contribution in [3.63, 3.8) is 0 Å². The second kappa shape index (κ2) is 9.67. The molecule has 0 aromatic heterocycles. The van der Waals surface area contributed by atoms with Crippen molar-refractivity contribution >= 4 is 39.1 Å². The van der Waals surface area contributed by atoms with Crippen molar-refractivity contribution < 1.29 is 17.9 Å². The molecule has 1 aliphatic heterocycles. The number of hydrogen-bond donors (Lipinski definition) is 1. The van der Waals surface area contributed by atoms with E-state index in [9.17, 15) is 13.2 Å². The third-order valence-electron chi connectivity index (χ3n) is 5.18. The number of anilines is 2. The first kappa shape index (κ1) is 22.2. The minimum atomic E-state index is -3.82. The van der Waals surface area contributed by atoms with Gasteiger partial charge in [-0.05, 0) is 54.4 Å². The molecule has 1 N–H and O–H groups in total. The van der Waals surface area contributed by atoms with Crippen LogP contribution in [-0.4, -0.2) is 28.0 Å². The smallest absolute Gasteiger partial charge is 0.261 e. The summed E-state index contributed by atoms with van der Waals surface area (Å²) >= 11 is 1.72. The topological polar surface area (TPSA) is 75.7 Å². The lowest BCUT2D eigenvalue weighted by atomic mass is 10.2. The summed E-state index contributed by atoms with van der Waals surface area (Å²) in [6.45, 7) is 0.550. The number of hydrogen-bond acceptors (Lipinski definition) is 5. The molecule has 1 aliphatic rings. The summed E-state index contributed by atoms with van der Waals surface area (Å²) in [6, 6.07) is 22.0. The molecule has 1 heterocycles. The molecule has 32 heavy (non-hydrogen) atoms. The van der Waals surface area contributed by atoms with Gasteiger partial charge in [-0.25, -0.2) is 8.42 Å². The maximum absolute atomic E-state index is 13.0. The van der Waals surface area contributed by atoms with E-state index in [0.29, 0.717) is 30.1 Å². The third-order valence-corrected chi connectivity index (χ3v) is 7.64. The van der Waals surface area contributed by atoms with Gasteiger partial charge in [-0.15, -0.1) is 11.8 Å². The van der Waals surface area contributed by atoms with E-state index in [-0.39, 0.29) is 10.8 Å². The number of rotatable bonds is 8. The first-order valence-electron chi connectivity index (χ1n) is 10.2. The van der Waals surface area contributed by atoms with Gasteiger partial charge in [0.15, 0.2) is 0 Å². The maximum atomic E-state index is 13.0. The van der Waals surface area contributed by atoms with E-state index in [1.165, 1.54) is 24.1 Å². The molecule has 166 valence electrons. The van der Waals surface area contributed by atoms with E-state index in [1.807, 2.05) is 30.3 Å². The van der Waals surface area contributed by atoms with Crippen molar-refractivity contribution in [3.05, 3.63) is 78.4 Å². The molecule has 3 aromatic rings. The standard InChI is InChI=1S/C24H24N2O4S2/c1-30-23-14-13-21(16-22(23)26-15-5-8-24(26)27)32(28,29)25-19-11-9-18(10-12-19)17-31-20-6-3-2-4-7-20/h2-4,6-7,9-14,16,25H,5,8,15,17H2,1H3. The Morgan fingerprint density at radius 1 is 1.03 bits per heavy atom. The van der Waals surface area contributed by atoms with Gasteiger partial charge in [-0.1, -0.05) is 30.3 Å². The molecule has 0 saturated carbocycles. The van der Waals surface area contributed by atoms with E-state index in [2.05, 4.69) is 16.9 Å². The van der Waals surface area contributed by atoms with Crippen LogP contribution in [0.1, 0.15) is 18.4 Å². The highest BCUT2D eigenvalue weighted by molar-refractivity contribution is 7.98. The van der Waals surface area contributed by atoms with Crippen LogP contribution < -0.4 is 14.4 Å². The number of methoxy groups -OCH3 is 1. The molecule has 4 rings (SSSR count). The molecule has 3 aromatic carbocycles. The number of ether oxygens (including phenoxy) is 1. The monoisotopic (exact) mass is 468 g/mol. The molecular formula is C24H24N2O4S2. The molecule has 0 bridgehead atoms. The summed E-state index contributed by atoms with van der Waals surface area (Å²) in [5.41, 5.74) is 2.06. The number of carbonyl (C=O) groups excluding carboxylic acids is 1. The Labute approximate surface area is 192 Å². The number of thioether (sulfide) groups is 1. The molecule has 0 radical (unpaired) electrons. The summed E-state index contributed by atoms with van der Waals surface area (Å²) < 4.78 is 33.9. The zero-order valence-corrected chi connectivity index (χ0v) is 19.3. The number of amides is 1. The Bertz CT molecular complexity index is 1200. The first-order valence-corrected chi connectivity index (χ1v) is 12.7. The Kier molecular flexibility index (Phi) is 6.72. The Balaban J connectivity index is 1.48. The van der Waals surface area contributed by atoms with Gasteiger partial charge in [0.2, 0.25) is 5.91 Å². The van der Waals surface area contributed by atoms with Gasteiger partial charge in [0.25, 0.3) is 10.0 Å². The highest BCUT2D eigenvalue weighted by Gasteiger charge is 2.26. The summed E-state index contributed by atoms with van der Waals surface area (Å²) in [6.07, 6.45) is 1.19. The van der Waals surface area contributed by atoms with E-state index >= 15 is 0 Å². The van der Waals surface area contributed by atoms with Crippen molar-refractivity contribution in [2.45, 2.75) is 28.4 Å². The molecule has 0 unspecified atom stereocenters. The molecule has 1 fully saturated rings. The molecule has 1 saturated heterocycles. The Morgan fingerprint density at radius 2 is 1.78 bits per heavy atom. The van der Waals surface area contributed by atoms with E-state index in [0.717, 1.165) is 17.7 Å². The highest BCUT2D eigenvalue weighted by Crippen LogP contribution is 2.34. The second-order valence-corrected chi connectivity index (χ2v) is 10.1. The van der Waals surface area contributed by atoms with Crippen molar-refractivity contribution in [2.75, 3.05) is 23.3 Å². The van der Waals surface area contributed by atoms with Crippen LogP contribution in [-0.2, 0) is 20.6 Å². The zero-order chi connectivity index (χ0) is 22.6. The highest BCUT2D eigenvalue weighted by atomic mass is 32.2. The predicted molar refractivity (Wildman–Crippen MR) is 128 cm³/mol. The largest absolute Gasteiger partial charge is 0.495 e. The molecule has 0 atom stereocenters. The molecule has 0 spiro atoms. The second-order valence-electron chi connectivity index (χ2n) is 7.39. The van der Waals surface area contributed by atoms with Crippen LogP contribution in [0.3, 0.4) is 0 Å². The predicted octanol–water partition coefficient (Wildman–Crippen LogP) is 4.92. The van der Waals surface area contributed by atoms with E-state index in [4.69, 9.17) is 4.74 Å². The Hall–Kier alpha value is -2.97. The first-order chi connectivity index (χ1) is 15.5. The van der Waals surface area contributed by atoms with Gasteiger partial charge in [0.05, 0.1) is 17.7 Å². The van der Waals surface area contributed by atoms with Crippen LogP contribution in [0.15, 0.2) is 82.6 Å². The van der Waals surface area contributed by atoms with Gasteiger partial charge >= 0.3 is 0 Å². The fraction of sp³-hybridized carbons (Fsp3) is 0.208. The molecular weight excluding hydrogens is 444 g/mol. The van der Waals surface area contributed by atoms with Crippen LogP contribution in [0.25, 0.3) is 0 Å². The third kappa shape index (κ3) is 5.08. The lowest BCUT2D eigenvalue weighted by Gasteiger charge is -2.20. The van der Waals surface area contributed by atoms with E-state index in [1.54, 1.807) is 34.9 Å². The lowest BCUT2D eigenvalue weighted by molar-refractivity contribution is -0.117. The summed E-state index contributed by atoms with van der Waals surface area (Å²) in [4.78, 5) is 15.0. The van der Waals surface area contributed by atoms with Gasteiger partial charge in [0, 0.05) is 29.3 Å². The average molecular weight is 469 g/mol. The SMILES string of the molecule is COc1ccc(S(=O)(=O)Nc2ccc(CSc3ccccc3)cc2)cc1N1CCCC1=O. The van der Waals surface area contributed by atoms with Crippen LogP contribution in [0.4, 0.5) is 11.4 Å². The minimum Gasteiger partial charge on any atom is -0.495 e. The zero-order valence-electron chi connectivity index (χ0n) is 17.7. The fourth-order valence-corrected chi connectivity index (χ4v) is 5.47. The normalized spacial score (nSPS) is 13.9. The summed E-state index contributed by atoms with van der Waals surface area (Å²) in [5, 5.41) is 0. The molecule has 6 nitrogen and oxygen atoms in total. The Morgan fingerprint density at radius 3 is 2.44 bits per heavy atom. The number of carbonyl (C=O) groups is 1. The lowest BCUT2D eigenvalue weighted by Crippen LogP contribution is -2.24. The van der Waals surface area contributed by atoms with Crippen LogP contribution in [0, 0.1) is 0 Å². The van der Waals surface area contributed by atoms with E-state index < -0.39 is 10.0 Å². The molecule has 1 amide bonds. The quantitative estimate of drug-likeness (QED) is 0.475. The van der Waals surface area contributed by atoms with Crippen molar-refractivity contribution in [2.24, 2.45) is 0 Å². The maximum Gasteiger partial charge on any atom is 0.261 e. The minimum absolute atomic E-state index is 0.0326. The van der Waals surface area contributed by atoms with Crippen molar-refractivity contribution in [1.82, 2.24) is 0 Å². The van der Waals surface area contributed by atoms with Crippen molar-refractivity contribution in [3.8, 4) is 5.75 Å². The van der Waals surface area contributed by atoms with Crippen LogP contribution in [0.5, 0.6) is 5.75 Å². The fourth-order valence-electron chi connectivity index (χ4n) is 3.52. The molecule has 0 aliphatic carbocycles. The number of benzene rings is 3. The van der Waals surface area contributed by atoms with Crippen molar-refractivity contribution in [1.29, 1.82) is 0 Å². The molecule has 8 heteroatoms. The number of nitrogens with zero attached hydrogens (tertiary/aromatic N) is 1. The van der Waals surface area contributed by atoms with Crippen LogP contribution >= 0.6 is 11.8 Å².